The van der Waals surface area contributed by atoms with Crippen LogP contribution in [0.5, 0.6) is 0 Å². The minimum Gasteiger partial charge on any atom is -0.394 e. The first-order valence-electron chi connectivity index (χ1n) is 23.3. The Bertz CT molecular complexity index is 1590. The molecular formula is C40H71NO31. The Morgan fingerprint density at radius 2 is 0.514 bits per heavy atom. The molecule has 0 aromatic heterocycles. The lowest BCUT2D eigenvalue weighted by atomic mass is 9.95. The Labute approximate surface area is 409 Å². The average molecular weight is 1060 g/mol. The van der Waals surface area contributed by atoms with Gasteiger partial charge in [-0.2, -0.15) is 0 Å². The van der Waals surface area contributed by atoms with Gasteiger partial charge in [-0.15, -0.1) is 0 Å². The molecule has 6 heterocycles. The fourth-order valence-electron chi connectivity index (χ4n) is 9.09. The Hall–Kier alpha value is -1.28. The molecule has 32 heteroatoms. The topological polar surface area (TPSA) is 521 Å². The van der Waals surface area contributed by atoms with E-state index in [0.29, 0.717) is 19.4 Å². The van der Waals surface area contributed by atoms with Gasteiger partial charge in [0, 0.05) is 6.61 Å². The SMILES string of the molecule is NCCCCO[C@H]1OC(CO)[C@H](O[C@H]2OC(CO)[C@@H](O[C@@H]3OC(CO)[C@@H](O[C@H]4OC(CO)[C@H](O[C@H]5OC(CO)[C@@H](O[C@@H]6OC(CO)[C@@H](O)C(O)[C@@H]6O)[C@H](O)C5O)[C@H](O)C4O)C(O)[C@@H]3O)[C@H](O)C2O)[C@H](O)C1O. The molecule has 0 bridgehead atoms. The van der Waals surface area contributed by atoms with Gasteiger partial charge in [-0.25, -0.2) is 0 Å². The van der Waals surface area contributed by atoms with Crippen LogP contribution in [0.1, 0.15) is 12.8 Å². The summed E-state index contributed by atoms with van der Waals surface area (Å²) in [6.45, 7) is -5.10. The molecule has 21 N–H and O–H groups in total. The van der Waals surface area contributed by atoms with Crippen molar-refractivity contribution >= 4 is 0 Å². The van der Waals surface area contributed by atoms with Crippen molar-refractivity contribution in [1.29, 1.82) is 0 Å². The largest absolute Gasteiger partial charge is 0.394 e. The van der Waals surface area contributed by atoms with Gasteiger partial charge >= 0.3 is 0 Å². The molecule has 0 aliphatic carbocycles. The molecule has 0 aromatic rings. The molecule has 0 saturated carbocycles. The lowest BCUT2D eigenvalue weighted by Gasteiger charge is -2.50. The summed E-state index contributed by atoms with van der Waals surface area (Å²) in [5.41, 5.74) is 5.47. The predicted octanol–water partition coefficient (Wildman–Crippen LogP) is -13.3. The van der Waals surface area contributed by atoms with Crippen molar-refractivity contribution in [2.75, 3.05) is 52.8 Å². The summed E-state index contributed by atoms with van der Waals surface area (Å²) in [7, 11) is 0. The number of hydrogen-bond acceptors (Lipinski definition) is 32. The van der Waals surface area contributed by atoms with E-state index in [0.717, 1.165) is 0 Å². The quantitative estimate of drug-likeness (QED) is 0.0475. The fraction of sp³-hybridized carbons (Fsp3) is 1.00. The molecule has 6 fully saturated rings. The summed E-state index contributed by atoms with van der Waals surface area (Å²) in [6.07, 6.45) is -54.3. The van der Waals surface area contributed by atoms with E-state index in [4.69, 9.17) is 62.6 Å². The Morgan fingerprint density at radius 1 is 0.278 bits per heavy atom. The van der Waals surface area contributed by atoms with Crippen molar-refractivity contribution < 1.29 is 154 Å². The Morgan fingerprint density at radius 3 is 0.778 bits per heavy atom. The zero-order valence-electron chi connectivity index (χ0n) is 38.4. The van der Waals surface area contributed by atoms with Gasteiger partial charge in [0.2, 0.25) is 0 Å². The normalized spacial score (nSPS) is 50.5. The number of nitrogens with two attached hydrogens (primary N) is 1. The molecule has 0 amide bonds. The van der Waals surface area contributed by atoms with Gasteiger partial charge in [0.05, 0.1) is 39.6 Å². The van der Waals surface area contributed by atoms with Gasteiger partial charge in [-0.05, 0) is 19.4 Å². The van der Waals surface area contributed by atoms with Crippen LogP contribution < -0.4 is 5.73 Å². The second-order valence-corrected chi connectivity index (χ2v) is 18.1. The van der Waals surface area contributed by atoms with Crippen molar-refractivity contribution in [3.05, 3.63) is 0 Å². The average Bonchev–Trinajstić information content (AvgIpc) is 3.37. The second-order valence-electron chi connectivity index (χ2n) is 18.1. The highest BCUT2D eigenvalue weighted by Crippen LogP contribution is 2.37. The van der Waals surface area contributed by atoms with Gasteiger partial charge < -0.3 is 160 Å². The van der Waals surface area contributed by atoms with Gasteiger partial charge in [0.25, 0.3) is 0 Å². The number of ether oxygens (including phenoxy) is 12. The van der Waals surface area contributed by atoms with Crippen LogP contribution in [0.2, 0.25) is 0 Å². The molecule has 6 rings (SSSR count). The third-order valence-corrected chi connectivity index (χ3v) is 13.3. The smallest absolute Gasteiger partial charge is 0.187 e. The molecule has 0 aromatic carbocycles. The maximum Gasteiger partial charge on any atom is 0.187 e. The Balaban J connectivity index is 1.05. The predicted molar refractivity (Wildman–Crippen MR) is 221 cm³/mol. The molecule has 30 atom stereocenters. The lowest BCUT2D eigenvalue weighted by Crippen LogP contribution is -2.68. The molecule has 32 nitrogen and oxygen atoms in total. The first kappa shape index (κ1) is 60.0. The number of aliphatic hydroxyl groups is 19. The van der Waals surface area contributed by atoms with Crippen LogP contribution in [0.4, 0.5) is 0 Å². The zero-order valence-corrected chi connectivity index (χ0v) is 38.4. The van der Waals surface area contributed by atoms with Crippen LogP contribution in [0.15, 0.2) is 0 Å². The van der Waals surface area contributed by atoms with Crippen molar-refractivity contribution in [2.45, 2.75) is 197 Å². The van der Waals surface area contributed by atoms with Crippen molar-refractivity contribution in [2.24, 2.45) is 5.73 Å². The molecule has 422 valence electrons. The molecular weight excluding hydrogens is 990 g/mol. The summed E-state index contributed by atoms with van der Waals surface area (Å²) in [5, 5.41) is 202. The minimum atomic E-state index is -2.17. The number of unbranched alkanes of at least 4 members (excludes halogenated alkanes) is 1. The summed E-state index contributed by atoms with van der Waals surface area (Å²) < 4.78 is 67.1. The number of rotatable bonds is 21. The zero-order chi connectivity index (χ0) is 52.9. The number of hydrogen-bond donors (Lipinski definition) is 20. The van der Waals surface area contributed by atoms with E-state index in [-0.39, 0.29) is 6.61 Å². The van der Waals surface area contributed by atoms with Crippen molar-refractivity contribution in [3.63, 3.8) is 0 Å². The third kappa shape index (κ3) is 12.8. The Kier molecular flexibility index (Phi) is 22.4. The van der Waals surface area contributed by atoms with Crippen molar-refractivity contribution in [3.8, 4) is 0 Å². The summed E-state index contributed by atoms with van der Waals surface area (Å²) in [5.74, 6) is 0. The summed E-state index contributed by atoms with van der Waals surface area (Å²) in [6, 6.07) is 0. The lowest BCUT2D eigenvalue weighted by molar-refractivity contribution is -0.396. The van der Waals surface area contributed by atoms with E-state index in [2.05, 4.69) is 0 Å². The van der Waals surface area contributed by atoms with E-state index in [9.17, 15) is 97.0 Å². The maximum atomic E-state index is 11.3. The fourth-order valence-corrected chi connectivity index (χ4v) is 9.09. The van der Waals surface area contributed by atoms with Crippen LogP contribution in [0, 0.1) is 0 Å². The van der Waals surface area contributed by atoms with Crippen LogP contribution >= 0.6 is 0 Å². The van der Waals surface area contributed by atoms with Crippen LogP contribution in [-0.4, -0.2) is 334 Å². The second kappa shape index (κ2) is 26.9. The van der Waals surface area contributed by atoms with Crippen molar-refractivity contribution in [1.82, 2.24) is 0 Å². The van der Waals surface area contributed by atoms with E-state index in [1.807, 2.05) is 0 Å². The molecule has 6 aliphatic rings. The van der Waals surface area contributed by atoms with E-state index in [1.165, 1.54) is 0 Å². The van der Waals surface area contributed by atoms with Crippen LogP contribution in [-0.2, 0) is 56.8 Å². The molecule has 72 heavy (non-hydrogen) atoms. The number of aliphatic hydroxyl groups excluding tert-OH is 19. The van der Waals surface area contributed by atoms with E-state index < -0.39 is 224 Å². The first-order valence-corrected chi connectivity index (χ1v) is 23.3. The van der Waals surface area contributed by atoms with Gasteiger partial charge in [0.15, 0.2) is 37.7 Å². The van der Waals surface area contributed by atoms with E-state index in [1.54, 1.807) is 0 Å². The third-order valence-electron chi connectivity index (χ3n) is 13.3. The molecule has 6 aliphatic heterocycles. The highest BCUT2D eigenvalue weighted by atomic mass is 16.8. The maximum absolute atomic E-state index is 11.3. The van der Waals surface area contributed by atoms with Crippen LogP contribution in [0.3, 0.4) is 0 Å². The molecule has 12 unspecified atom stereocenters. The van der Waals surface area contributed by atoms with Gasteiger partial charge in [-0.1, -0.05) is 0 Å². The summed E-state index contributed by atoms with van der Waals surface area (Å²) >= 11 is 0. The van der Waals surface area contributed by atoms with Gasteiger partial charge in [-0.3, -0.25) is 0 Å². The molecule has 0 radical (unpaired) electrons. The highest BCUT2D eigenvalue weighted by Gasteiger charge is 2.57. The molecule has 0 spiro atoms. The van der Waals surface area contributed by atoms with Crippen LogP contribution in [0.25, 0.3) is 0 Å². The summed E-state index contributed by atoms with van der Waals surface area (Å²) in [4.78, 5) is 0. The van der Waals surface area contributed by atoms with E-state index >= 15 is 0 Å². The minimum absolute atomic E-state index is 0.0923. The standard InChI is InChI=1S/C40H71NO31/c41-3-1-2-4-61-35-25(56)19(50)30(12(6-43)63-35)69-37-27(58)21(52)32(14(8-45)65-37)71-39-29(60)23(54)34(16(10-47)67-39)72-40-28(59)22(53)33(15(9-46)66-40)70-38-26(57)20(51)31(13(7-44)64-38)68-36-24(55)18(49)17(48)11(5-42)62-36/h11-40,42-60H,1-10,41H2/t11?,12?,13?,14?,15?,16?,17-,18?,19-,20-,21-,22-,23?,24+,25?,26?,27?,28?,29+,30+,31-,32-,33+,34-,35+,36+,37-,38-,39+,40-/m1/s1. The van der Waals surface area contributed by atoms with Gasteiger partial charge in [0.1, 0.15) is 146 Å². The molecule has 6 saturated heterocycles. The highest BCUT2D eigenvalue weighted by molar-refractivity contribution is 5.00. The first-order chi connectivity index (χ1) is 34.3. The monoisotopic (exact) mass is 1060 g/mol.